The second kappa shape index (κ2) is 5.00. The first-order valence-electron chi connectivity index (χ1n) is 4.46. The lowest BCUT2D eigenvalue weighted by Gasteiger charge is -2.19. The molecule has 0 aromatic rings. The summed E-state index contributed by atoms with van der Waals surface area (Å²) >= 11 is 0. The van der Waals surface area contributed by atoms with E-state index in [9.17, 15) is 9.46 Å². The molecule has 4 heteroatoms. The van der Waals surface area contributed by atoms with E-state index < -0.39 is 7.52 Å². The third-order valence-corrected chi connectivity index (χ3v) is 3.96. The summed E-state index contributed by atoms with van der Waals surface area (Å²) in [6.07, 6.45) is 0.374. The molecular weight excluding hydrogens is 173 g/mol. The molecule has 2 N–H and O–H groups in total. The van der Waals surface area contributed by atoms with E-state index in [1.165, 1.54) is 0 Å². The molecule has 2 atom stereocenters. The Hall–Kier alpha value is 0.150. The van der Waals surface area contributed by atoms with Gasteiger partial charge in [-0.05, 0) is 11.8 Å². The van der Waals surface area contributed by atoms with Gasteiger partial charge in [0.05, 0.1) is 0 Å². The van der Waals surface area contributed by atoms with Crippen molar-refractivity contribution in [3.05, 3.63) is 0 Å². The Kier molecular flexibility index (Phi) is 5.07. The molecule has 0 aliphatic heterocycles. The maximum Gasteiger partial charge on any atom is 0.267 e. The molecule has 0 aliphatic carbocycles. The Morgan fingerprint density at radius 3 is 2.25 bits per heavy atom. The molecule has 2 unspecified atom stereocenters. The fourth-order valence-electron chi connectivity index (χ4n) is 0.913. The van der Waals surface area contributed by atoms with Crippen molar-refractivity contribution < 1.29 is 9.46 Å². The van der Waals surface area contributed by atoms with Crippen LogP contribution in [0.1, 0.15) is 27.7 Å². The SMILES string of the molecule is CCNP(=O)(O)CC(C)C(C)C. The zero-order valence-electron chi connectivity index (χ0n) is 8.37. The maximum absolute atomic E-state index is 11.4. The molecule has 0 radical (unpaired) electrons. The van der Waals surface area contributed by atoms with Crippen LogP contribution in [0, 0.1) is 11.8 Å². The van der Waals surface area contributed by atoms with E-state index in [2.05, 4.69) is 18.9 Å². The summed E-state index contributed by atoms with van der Waals surface area (Å²) in [6.45, 7) is 8.53. The fraction of sp³-hybridized carbons (Fsp3) is 1.00. The van der Waals surface area contributed by atoms with Crippen molar-refractivity contribution in [1.82, 2.24) is 5.09 Å². The van der Waals surface area contributed by atoms with E-state index in [1.54, 1.807) is 0 Å². The molecule has 74 valence electrons. The molecule has 0 bridgehead atoms. The van der Waals surface area contributed by atoms with Crippen LogP contribution in [0.4, 0.5) is 0 Å². The second-order valence-electron chi connectivity index (χ2n) is 3.62. The lowest BCUT2D eigenvalue weighted by Crippen LogP contribution is -2.18. The molecule has 3 nitrogen and oxygen atoms in total. The Morgan fingerprint density at radius 1 is 1.42 bits per heavy atom. The first kappa shape index (κ1) is 12.2. The number of nitrogens with one attached hydrogen (secondary N) is 1. The molecule has 0 fully saturated rings. The van der Waals surface area contributed by atoms with Gasteiger partial charge in [-0.2, -0.15) is 0 Å². The lowest BCUT2D eigenvalue weighted by molar-refractivity contribution is 0.413. The minimum atomic E-state index is -3.05. The molecular formula is C8H20NO2P. The second-order valence-corrected chi connectivity index (χ2v) is 5.70. The zero-order chi connectivity index (χ0) is 9.78. The molecule has 0 aromatic carbocycles. The van der Waals surface area contributed by atoms with E-state index >= 15 is 0 Å². The number of rotatable bonds is 5. The van der Waals surface area contributed by atoms with Gasteiger partial charge in [0.2, 0.25) is 0 Å². The molecule has 0 heterocycles. The Morgan fingerprint density at radius 2 is 1.92 bits per heavy atom. The van der Waals surface area contributed by atoms with Gasteiger partial charge in [-0.1, -0.05) is 27.7 Å². The largest absolute Gasteiger partial charge is 0.333 e. The van der Waals surface area contributed by atoms with Crippen LogP contribution >= 0.6 is 7.52 Å². The first-order chi connectivity index (χ1) is 5.39. The van der Waals surface area contributed by atoms with Gasteiger partial charge in [0.15, 0.2) is 0 Å². The number of hydrogen-bond acceptors (Lipinski definition) is 1. The van der Waals surface area contributed by atoms with Gasteiger partial charge in [-0.25, -0.2) is 5.09 Å². The molecule has 12 heavy (non-hydrogen) atoms. The van der Waals surface area contributed by atoms with E-state index in [-0.39, 0.29) is 0 Å². The van der Waals surface area contributed by atoms with Crippen LogP contribution < -0.4 is 5.09 Å². The lowest BCUT2D eigenvalue weighted by atomic mass is 10.0. The fourth-order valence-corrected chi connectivity index (χ4v) is 2.74. The third-order valence-electron chi connectivity index (χ3n) is 2.08. The summed E-state index contributed by atoms with van der Waals surface area (Å²) in [5, 5.41) is 2.62. The summed E-state index contributed by atoms with van der Waals surface area (Å²) < 4.78 is 11.4. The van der Waals surface area contributed by atoms with Crippen molar-refractivity contribution >= 4 is 7.52 Å². The highest BCUT2D eigenvalue weighted by atomic mass is 31.2. The molecule has 0 spiro atoms. The van der Waals surface area contributed by atoms with Crippen molar-refractivity contribution in [3.63, 3.8) is 0 Å². The van der Waals surface area contributed by atoms with Crippen molar-refractivity contribution in [2.75, 3.05) is 12.7 Å². The third kappa shape index (κ3) is 4.91. The summed E-state index contributed by atoms with van der Waals surface area (Å²) in [7, 11) is -3.05. The standard InChI is InChI=1S/C8H20NO2P/c1-5-9-12(10,11)6-8(4)7(2)3/h7-8H,5-6H2,1-4H3,(H2,9,10,11). The first-order valence-corrected chi connectivity index (χ1v) is 6.30. The molecule has 0 rings (SSSR count). The quantitative estimate of drug-likeness (QED) is 0.657. The summed E-state index contributed by atoms with van der Waals surface area (Å²) in [6, 6.07) is 0. The summed E-state index contributed by atoms with van der Waals surface area (Å²) in [4.78, 5) is 9.38. The average Bonchev–Trinajstić information content (AvgIpc) is 1.85. The molecule has 0 aromatic heterocycles. The van der Waals surface area contributed by atoms with Crippen LogP contribution in [0.2, 0.25) is 0 Å². The maximum atomic E-state index is 11.4. The summed E-state index contributed by atoms with van der Waals surface area (Å²) in [5.41, 5.74) is 0. The predicted octanol–water partition coefficient (Wildman–Crippen LogP) is 2.07. The van der Waals surface area contributed by atoms with E-state index in [0.29, 0.717) is 24.5 Å². The highest BCUT2D eigenvalue weighted by molar-refractivity contribution is 7.55. The van der Waals surface area contributed by atoms with E-state index in [0.717, 1.165) is 0 Å². The Bertz CT molecular complexity index is 170. The van der Waals surface area contributed by atoms with Gasteiger partial charge < -0.3 is 4.89 Å². The van der Waals surface area contributed by atoms with Gasteiger partial charge in [-0.15, -0.1) is 0 Å². The summed E-state index contributed by atoms with van der Waals surface area (Å²) in [5.74, 6) is 0.754. The van der Waals surface area contributed by atoms with Crippen LogP contribution in [-0.2, 0) is 4.57 Å². The highest BCUT2D eigenvalue weighted by Gasteiger charge is 2.21. The van der Waals surface area contributed by atoms with Gasteiger partial charge >= 0.3 is 0 Å². The average molecular weight is 193 g/mol. The van der Waals surface area contributed by atoms with E-state index in [4.69, 9.17) is 0 Å². The molecule has 0 aliphatic rings. The molecule has 0 saturated heterocycles. The number of hydrogen-bond donors (Lipinski definition) is 2. The van der Waals surface area contributed by atoms with Gasteiger partial charge in [0, 0.05) is 12.7 Å². The zero-order valence-corrected chi connectivity index (χ0v) is 9.27. The predicted molar refractivity (Wildman–Crippen MR) is 52.4 cm³/mol. The smallest absolute Gasteiger partial charge is 0.267 e. The molecule has 0 saturated carbocycles. The van der Waals surface area contributed by atoms with Crippen LogP contribution in [0.3, 0.4) is 0 Å². The van der Waals surface area contributed by atoms with Crippen LogP contribution in [0.25, 0.3) is 0 Å². The topological polar surface area (TPSA) is 49.3 Å². The van der Waals surface area contributed by atoms with Crippen molar-refractivity contribution in [2.24, 2.45) is 11.8 Å². The van der Waals surface area contributed by atoms with E-state index in [1.807, 2.05) is 13.8 Å². The van der Waals surface area contributed by atoms with Gasteiger partial charge in [-0.3, -0.25) is 4.57 Å². The minimum absolute atomic E-state index is 0.292. The monoisotopic (exact) mass is 193 g/mol. The van der Waals surface area contributed by atoms with Gasteiger partial charge in [0.1, 0.15) is 0 Å². The van der Waals surface area contributed by atoms with Crippen LogP contribution in [0.5, 0.6) is 0 Å². The van der Waals surface area contributed by atoms with Crippen LogP contribution in [0.15, 0.2) is 0 Å². The highest BCUT2D eigenvalue weighted by Crippen LogP contribution is 2.38. The Balaban J connectivity index is 3.97. The van der Waals surface area contributed by atoms with Crippen molar-refractivity contribution in [1.29, 1.82) is 0 Å². The van der Waals surface area contributed by atoms with Crippen LogP contribution in [-0.4, -0.2) is 17.6 Å². The normalized spacial score (nSPS) is 19.2. The van der Waals surface area contributed by atoms with Crippen molar-refractivity contribution in [3.8, 4) is 0 Å². The Labute approximate surface area is 75.1 Å². The molecule has 0 amide bonds. The van der Waals surface area contributed by atoms with Crippen molar-refractivity contribution in [2.45, 2.75) is 27.7 Å². The van der Waals surface area contributed by atoms with Gasteiger partial charge in [0.25, 0.3) is 7.52 Å². The minimum Gasteiger partial charge on any atom is -0.333 e.